The predicted molar refractivity (Wildman–Crippen MR) is 42.9 cm³/mol. The maximum Gasteiger partial charge on any atom is 0.311 e. The number of pyridine rings is 1. The number of hydrogen-bond acceptors (Lipinski definition) is 2. The Morgan fingerprint density at radius 1 is 1.67 bits per heavy atom. The average Bonchev–Trinajstić information content (AvgIpc) is 2.47. The Bertz CT molecular complexity index is 322. The lowest BCUT2D eigenvalue weighted by Crippen LogP contribution is -2.07. The molecule has 0 saturated carbocycles. The molecule has 1 aromatic heterocycles. The van der Waals surface area contributed by atoms with E-state index in [9.17, 15) is 4.79 Å². The Balaban J connectivity index is 2.42. The van der Waals surface area contributed by atoms with E-state index in [1.165, 1.54) is 0 Å². The topological polar surface area (TPSA) is 50.2 Å². The van der Waals surface area contributed by atoms with Crippen molar-refractivity contribution in [1.82, 2.24) is 4.98 Å². The summed E-state index contributed by atoms with van der Waals surface area (Å²) >= 11 is 0. The molecule has 0 radical (unpaired) electrons. The maximum absolute atomic E-state index is 10.7. The number of fused-ring (bicyclic) bond motifs is 1. The number of aromatic nitrogens is 1. The number of nitrogens with zero attached hydrogens (tertiary/aromatic N) is 1. The molecule has 0 bridgehead atoms. The van der Waals surface area contributed by atoms with Gasteiger partial charge in [-0.3, -0.25) is 9.78 Å². The van der Waals surface area contributed by atoms with E-state index in [-0.39, 0.29) is 5.92 Å². The van der Waals surface area contributed by atoms with Crippen molar-refractivity contribution in [1.29, 1.82) is 0 Å². The first-order valence-electron chi connectivity index (χ1n) is 3.94. The van der Waals surface area contributed by atoms with Crippen LogP contribution >= 0.6 is 0 Å². The van der Waals surface area contributed by atoms with Crippen molar-refractivity contribution in [3.63, 3.8) is 0 Å². The van der Waals surface area contributed by atoms with E-state index < -0.39 is 5.97 Å². The van der Waals surface area contributed by atoms with Gasteiger partial charge in [-0.25, -0.2) is 0 Å². The number of carbonyl (C=O) groups is 1. The van der Waals surface area contributed by atoms with Gasteiger partial charge in [0.25, 0.3) is 0 Å². The molecular weight excluding hydrogens is 154 g/mol. The van der Waals surface area contributed by atoms with Gasteiger partial charge < -0.3 is 5.11 Å². The molecule has 0 fully saturated rings. The first-order chi connectivity index (χ1) is 5.79. The molecule has 12 heavy (non-hydrogen) atoms. The van der Waals surface area contributed by atoms with Crippen LogP contribution in [-0.2, 0) is 11.2 Å². The second-order valence-corrected chi connectivity index (χ2v) is 3.00. The highest BCUT2D eigenvalue weighted by atomic mass is 16.4. The van der Waals surface area contributed by atoms with Gasteiger partial charge in [0.05, 0.1) is 5.92 Å². The molecule has 1 aromatic rings. The zero-order valence-electron chi connectivity index (χ0n) is 6.53. The fourth-order valence-electron chi connectivity index (χ4n) is 1.69. The standard InChI is InChI=1S/C9H9NO2/c11-9(12)7-2-1-6-3-4-10-5-8(6)7/h3-5,7H,1-2H2,(H,11,12). The average molecular weight is 163 g/mol. The Kier molecular flexibility index (Phi) is 1.57. The highest BCUT2D eigenvalue weighted by Crippen LogP contribution is 2.31. The zero-order chi connectivity index (χ0) is 8.55. The van der Waals surface area contributed by atoms with Crippen molar-refractivity contribution in [2.75, 3.05) is 0 Å². The van der Waals surface area contributed by atoms with Crippen LogP contribution in [0.5, 0.6) is 0 Å². The molecule has 0 saturated heterocycles. The van der Waals surface area contributed by atoms with Crippen molar-refractivity contribution in [3.8, 4) is 0 Å². The van der Waals surface area contributed by atoms with Crippen molar-refractivity contribution >= 4 is 5.97 Å². The molecule has 1 aliphatic rings. The van der Waals surface area contributed by atoms with Gasteiger partial charge in [-0.1, -0.05) is 0 Å². The Labute approximate surface area is 70.1 Å². The highest BCUT2D eigenvalue weighted by Gasteiger charge is 2.27. The van der Waals surface area contributed by atoms with E-state index in [1.54, 1.807) is 12.4 Å². The van der Waals surface area contributed by atoms with Gasteiger partial charge in [-0.15, -0.1) is 0 Å². The quantitative estimate of drug-likeness (QED) is 0.676. The summed E-state index contributed by atoms with van der Waals surface area (Å²) in [6.45, 7) is 0. The number of rotatable bonds is 1. The van der Waals surface area contributed by atoms with E-state index in [0.717, 1.165) is 24.0 Å². The van der Waals surface area contributed by atoms with Gasteiger partial charge in [0.15, 0.2) is 0 Å². The summed E-state index contributed by atoms with van der Waals surface area (Å²) in [4.78, 5) is 14.7. The smallest absolute Gasteiger partial charge is 0.311 e. The summed E-state index contributed by atoms with van der Waals surface area (Å²) in [5.74, 6) is -1.06. The van der Waals surface area contributed by atoms with Gasteiger partial charge in [0.2, 0.25) is 0 Å². The fraction of sp³-hybridized carbons (Fsp3) is 0.333. The third kappa shape index (κ3) is 0.978. The van der Waals surface area contributed by atoms with Crippen molar-refractivity contribution in [2.45, 2.75) is 18.8 Å². The maximum atomic E-state index is 10.7. The second kappa shape index (κ2) is 2.59. The summed E-state index contributed by atoms with van der Waals surface area (Å²) in [7, 11) is 0. The van der Waals surface area contributed by atoms with E-state index in [0.29, 0.717) is 0 Å². The molecule has 1 heterocycles. The minimum Gasteiger partial charge on any atom is -0.481 e. The van der Waals surface area contributed by atoms with Gasteiger partial charge in [-0.05, 0) is 30.0 Å². The number of aryl methyl sites for hydroxylation is 1. The van der Waals surface area contributed by atoms with Gasteiger partial charge in [0.1, 0.15) is 0 Å². The van der Waals surface area contributed by atoms with Crippen LogP contribution in [0, 0.1) is 0 Å². The first-order valence-corrected chi connectivity index (χ1v) is 3.94. The lowest BCUT2D eigenvalue weighted by atomic mass is 10.0. The molecule has 0 aliphatic heterocycles. The zero-order valence-corrected chi connectivity index (χ0v) is 6.53. The van der Waals surface area contributed by atoms with Crippen molar-refractivity contribution in [3.05, 3.63) is 29.6 Å². The lowest BCUT2D eigenvalue weighted by molar-refractivity contribution is -0.138. The lowest BCUT2D eigenvalue weighted by Gasteiger charge is -2.03. The summed E-state index contributed by atoms with van der Waals surface area (Å²) < 4.78 is 0. The molecule has 0 aromatic carbocycles. The molecular formula is C9H9NO2. The minimum atomic E-state index is -0.734. The molecule has 0 spiro atoms. The van der Waals surface area contributed by atoms with E-state index in [1.807, 2.05) is 6.07 Å². The largest absolute Gasteiger partial charge is 0.481 e. The SMILES string of the molecule is O=C(O)C1CCc2ccncc21. The van der Waals surface area contributed by atoms with Crippen LogP contribution in [0.2, 0.25) is 0 Å². The van der Waals surface area contributed by atoms with Crippen molar-refractivity contribution in [2.24, 2.45) is 0 Å². The molecule has 3 heteroatoms. The number of hydrogen-bond donors (Lipinski definition) is 1. The van der Waals surface area contributed by atoms with E-state index in [2.05, 4.69) is 4.98 Å². The van der Waals surface area contributed by atoms with Crippen LogP contribution in [-0.4, -0.2) is 16.1 Å². The number of carboxylic acids is 1. The third-order valence-corrected chi connectivity index (χ3v) is 2.32. The Hall–Kier alpha value is -1.38. The summed E-state index contributed by atoms with van der Waals surface area (Å²) in [6, 6.07) is 1.90. The van der Waals surface area contributed by atoms with Crippen LogP contribution in [0.25, 0.3) is 0 Å². The Morgan fingerprint density at radius 3 is 3.25 bits per heavy atom. The summed E-state index contributed by atoms with van der Waals surface area (Å²) in [6.07, 6.45) is 4.97. The van der Waals surface area contributed by atoms with E-state index in [4.69, 9.17) is 5.11 Å². The third-order valence-electron chi connectivity index (χ3n) is 2.32. The normalized spacial score (nSPS) is 20.5. The molecule has 1 atom stereocenters. The monoisotopic (exact) mass is 163 g/mol. The van der Waals surface area contributed by atoms with Crippen LogP contribution < -0.4 is 0 Å². The van der Waals surface area contributed by atoms with Gasteiger partial charge in [-0.2, -0.15) is 0 Å². The minimum absolute atomic E-state index is 0.325. The highest BCUT2D eigenvalue weighted by molar-refractivity contribution is 5.77. The van der Waals surface area contributed by atoms with Crippen LogP contribution in [0.15, 0.2) is 18.5 Å². The summed E-state index contributed by atoms with van der Waals surface area (Å²) in [5, 5.41) is 8.83. The molecule has 1 unspecified atom stereocenters. The molecule has 1 N–H and O–H groups in total. The molecule has 2 rings (SSSR count). The molecule has 62 valence electrons. The Morgan fingerprint density at radius 2 is 2.50 bits per heavy atom. The van der Waals surface area contributed by atoms with Crippen LogP contribution in [0.1, 0.15) is 23.5 Å². The van der Waals surface area contributed by atoms with Crippen molar-refractivity contribution < 1.29 is 9.90 Å². The van der Waals surface area contributed by atoms with Crippen LogP contribution in [0.3, 0.4) is 0 Å². The molecule has 0 amide bonds. The molecule has 3 nitrogen and oxygen atoms in total. The molecule has 1 aliphatic carbocycles. The van der Waals surface area contributed by atoms with Gasteiger partial charge >= 0.3 is 5.97 Å². The number of aliphatic carboxylic acids is 1. The first kappa shape index (κ1) is 7.28. The summed E-state index contributed by atoms with van der Waals surface area (Å²) in [5.41, 5.74) is 2.03. The number of carboxylic acid groups (broad SMARTS) is 1. The van der Waals surface area contributed by atoms with E-state index >= 15 is 0 Å². The predicted octanol–water partition coefficient (Wildman–Crippen LogP) is 1.20. The van der Waals surface area contributed by atoms with Crippen LogP contribution in [0.4, 0.5) is 0 Å². The second-order valence-electron chi connectivity index (χ2n) is 3.00. The van der Waals surface area contributed by atoms with Gasteiger partial charge in [0, 0.05) is 12.4 Å². The fourth-order valence-corrected chi connectivity index (χ4v) is 1.69.